The van der Waals surface area contributed by atoms with Crippen LogP contribution in [-0.4, -0.2) is 25.6 Å². The summed E-state index contributed by atoms with van der Waals surface area (Å²) < 4.78 is 7.76. The molecule has 19 heavy (non-hydrogen) atoms. The smallest absolute Gasteiger partial charge is 0.243 e. The fourth-order valence-corrected chi connectivity index (χ4v) is 2.63. The number of thiophene rings is 1. The van der Waals surface area contributed by atoms with Crippen molar-refractivity contribution in [3.8, 4) is 16.5 Å². The molecule has 1 aliphatic carbocycles. The second-order valence-corrected chi connectivity index (χ2v) is 5.62. The third-order valence-electron chi connectivity index (χ3n) is 3.07. The molecule has 3 heterocycles. The van der Waals surface area contributed by atoms with Gasteiger partial charge in [-0.2, -0.15) is 4.98 Å². The first-order valence-corrected chi connectivity index (χ1v) is 7.09. The predicted molar refractivity (Wildman–Crippen MR) is 73.3 cm³/mol. The maximum absolute atomic E-state index is 5.88. The van der Waals surface area contributed by atoms with Gasteiger partial charge < -0.3 is 9.30 Å². The van der Waals surface area contributed by atoms with Gasteiger partial charge in [0.2, 0.25) is 11.5 Å². The van der Waals surface area contributed by atoms with Crippen molar-refractivity contribution < 1.29 is 4.74 Å². The number of hydrogen-bond acceptors (Lipinski definition) is 5. The molecule has 0 atom stereocenters. The maximum Gasteiger partial charge on any atom is 0.243 e. The summed E-state index contributed by atoms with van der Waals surface area (Å²) in [5.74, 6) is 0.608. The van der Waals surface area contributed by atoms with Gasteiger partial charge in [0.15, 0.2) is 5.65 Å². The van der Waals surface area contributed by atoms with Gasteiger partial charge in [0.1, 0.15) is 11.8 Å². The van der Waals surface area contributed by atoms with Crippen LogP contribution in [0.15, 0.2) is 23.8 Å². The summed E-state index contributed by atoms with van der Waals surface area (Å²) in [6.45, 7) is 0. The number of nitrogens with zero attached hydrogens (tertiary/aromatic N) is 4. The topological polar surface area (TPSA) is 52.8 Å². The first kappa shape index (κ1) is 10.9. The zero-order valence-corrected chi connectivity index (χ0v) is 11.2. The van der Waals surface area contributed by atoms with Crippen LogP contribution < -0.4 is 4.74 Å². The Balaban J connectivity index is 1.92. The molecule has 5 nitrogen and oxygen atoms in total. The maximum atomic E-state index is 5.88. The van der Waals surface area contributed by atoms with Crippen LogP contribution >= 0.6 is 11.3 Å². The van der Waals surface area contributed by atoms with Gasteiger partial charge in [-0.25, -0.2) is 9.97 Å². The van der Waals surface area contributed by atoms with E-state index in [9.17, 15) is 0 Å². The molecule has 1 aliphatic rings. The number of ether oxygens (including phenoxy) is 1. The molecule has 1 fully saturated rings. The first-order valence-electron chi connectivity index (χ1n) is 6.21. The second kappa shape index (κ2) is 4.03. The standard InChI is InChI=1S/C13H12N4OS/c1-17-7-14-11-12(17)15-10(9-3-2-6-19-9)13(16-11)18-8-4-5-8/h2-3,6-8H,4-5H2,1H3. The molecule has 0 bridgehead atoms. The van der Waals surface area contributed by atoms with Gasteiger partial charge in [0.25, 0.3) is 0 Å². The van der Waals surface area contributed by atoms with Gasteiger partial charge in [-0.3, -0.25) is 0 Å². The minimum atomic E-state index is 0.300. The normalized spacial score (nSPS) is 15.0. The largest absolute Gasteiger partial charge is 0.473 e. The fraction of sp³-hybridized carbons (Fsp3) is 0.308. The molecule has 0 radical (unpaired) electrons. The quantitative estimate of drug-likeness (QED) is 0.735. The highest BCUT2D eigenvalue weighted by atomic mass is 32.1. The Hall–Kier alpha value is -1.95. The van der Waals surface area contributed by atoms with Gasteiger partial charge in [-0.15, -0.1) is 11.3 Å². The molecule has 96 valence electrons. The molecule has 4 rings (SSSR count). The van der Waals surface area contributed by atoms with Crippen molar-refractivity contribution in [1.29, 1.82) is 0 Å². The monoisotopic (exact) mass is 272 g/mol. The van der Waals surface area contributed by atoms with Crippen LogP contribution in [0, 0.1) is 0 Å². The molecule has 0 aromatic carbocycles. The molecule has 0 aliphatic heterocycles. The molecule has 1 saturated carbocycles. The van der Waals surface area contributed by atoms with E-state index >= 15 is 0 Å². The molecule has 0 unspecified atom stereocenters. The average molecular weight is 272 g/mol. The predicted octanol–water partition coefficient (Wildman–Crippen LogP) is 2.63. The van der Waals surface area contributed by atoms with Crippen molar-refractivity contribution in [2.24, 2.45) is 7.05 Å². The molecular formula is C13H12N4OS. The lowest BCUT2D eigenvalue weighted by molar-refractivity contribution is 0.292. The number of aryl methyl sites for hydroxylation is 1. The van der Waals surface area contributed by atoms with E-state index in [4.69, 9.17) is 4.74 Å². The van der Waals surface area contributed by atoms with Crippen LogP contribution in [0.3, 0.4) is 0 Å². The van der Waals surface area contributed by atoms with E-state index in [-0.39, 0.29) is 0 Å². The van der Waals surface area contributed by atoms with Crippen LogP contribution in [0.2, 0.25) is 0 Å². The Morgan fingerprint density at radius 3 is 3.00 bits per heavy atom. The van der Waals surface area contributed by atoms with Crippen molar-refractivity contribution in [1.82, 2.24) is 19.5 Å². The van der Waals surface area contributed by atoms with E-state index in [0.29, 0.717) is 17.6 Å². The SMILES string of the molecule is Cn1cnc2nc(OC3CC3)c(-c3cccs3)nc21. The van der Waals surface area contributed by atoms with Crippen molar-refractivity contribution in [2.45, 2.75) is 18.9 Å². The van der Waals surface area contributed by atoms with E-state index in [0.717, 1.165) is 29.1 Å². The second-order valence-electron chi connectivity index (χ2n) is 4.67. The molecule has 0 amide bonds. The van der Waals surface area contributed by atoms with E-state index < -0.39 is 0 Å². The zero-order chi connectivity index (χ0) is 12.8. The Labute approximate surface area is 113 Å². The van der Waals surface area contributed by atoms with Crippen LogP contribution in [0.1, 0.15) is 12.8 Å². The number of hydrogen-bond donors (Lipinski definition) is 0. The van der Waals surface area contributed by atoms with E-state index in [1.165, 1.54) is 0 Å². The molecule has 3 aromatic heterocycles. The molecule has 0 saturated heterocycles. The summed E-state index contributed by atoms with van der Waals surface area (Å²) in [6.07, 6.45) is 4.23. The van der Waals surface area contributed by atoms with Gasteiger partial charge in [-0.1, -0.05) is 6.07 Å². The van der Waals surface area contributed by atoms with Crippen LogP contribution in [-0.2, 0) is 7.05 Å². The van der Waals surface area contributed by atoms with Gasteiger partial charge in [0.05, 0.1) is 11.2 Å². The highest BCUT2D eigenvalue weighted by Gasteiger charge is 2.27. The van der Waals surface area contributed by atoms with Gasteiger partial charge in [0, 0.05) is 7.05 Å². The summed E-state index contributed by atoms with van der Waals surface area (Å²) in [5, 5.41) is 2.03. The Kier molecular flexibility index (Phi) is 2.32. The number of rotatable bonds is 3. The van der Waals surface area contributed by atoms with Gasteiger partial charge >= 0.3 is 0 Å². The molecule has 0 N–H and O–H groups in total. The molecule has 6 heteroatoms. The van der Waals surface area contributed by atoms with Crippen molar-refractivity contribution in [2.75, 3.05) is 0 Å². The van der Waals surface area contributed by atoms with E-state index in [1.54, 1.807) is 17.7 Å². The van der Waals surface area contributed by atoms with Crippen LogP contribution in [0.4, 0.5) is 0 Å². The molecule has 3 aromatic rings. The van der Waals surface area contributed by atoms with Crippen molar-refractivity contribution >= 4 is 22.6 Å². The number of aromatic nitrogens is 4. The third kappa shape index (κ3) is 1.88. The summed E-state index contributed by atoms with van der Waals surface area (Å²) in [7, 11) is 1.92. The summed E-state index contributed by atoms with van der Waals surface area (Å²) in [5.41, 5.74) is 2.24. The third-order valence-corrected chi connectivity index (χ3v) is 3.95. The average Bonchev–Trinajstić information content (AvgIpc) is 2.93. The molecule has 0 spiro atoms. The lowest BCUT2D eigenvalue weighted by Crippen LogP contribution is -2.02. The summed E-state index contributed by atoms with van der Waals surface area (Å²) in [6, 6.07) is 4.05. The Morgan fingerprint density at radius 2 is 2.26 bits per heavy atom. The summed E-state index contributed by atoms with van der Waals surface area (Å²) in [4.78, 5) is 14.5. The Bertz CT molecular complexity index is 731. The highest BCUT2D eigenvalue weighted by Crippen LogP contribution is 2.35. The number of fused-ring (bicyclic) bond motifs is 1. The van der Waals surface area contributed by atoms with Crippen molar-refractivity contribution in [3.05, 3.63) is 23.8 Å². The minimum Gasteiger partial charge on any atom is -0.473 e. The molecular weight excluding hydrogens is 260 g/mol. The van der Waals surface area contributed by atoms with Crippen LogP contribution in [0.5, 0.6) is 5.88 Å². The number of imidazole rings is 1. The van der Waals surface area contributed by atoms with E-state index in [1.807, 2.05) is 29.1 Å². The zero-order valence-electron chi connectivity index (χ0n) is 10.4. The fourth-order valence-electron chi connectivity index (χ4n) is 1.92. The lowest BCUT2D eigenvalue weighted by Gasteiger charge is -2.07. The first-order chi connectivity index (χ1) is 9.31. The van der Waals surface area contributed by atoms with Crippen LogP contribution in [0.25, 0.3) is 21.9 Å². The lowest BCUT2D eigenvalue weighted by atomic mass is 10.3. The minimum absolute atomic E-state index is 0.300. The summed E-state index contributed by atoms with van der Waals surface area (Å²) >= 11 is 1.64. The van der Waals surface area contributed by atoms with Gasteiger partial charge in [-0.05, 0) is 24.3 Å². The van der Waals surface area contributed by atoms with E-state index in [2.05, 4.69) is 15.0 Å². The highest BCUT2D eigenvalue weighted by molar-refractivity contribution is 7.13. The Morgan fingerprint density at radius 1 is 1.37 bits per heavy atom. The van der Waals surface area contributed by atoms with Crippen molar-refractivity contribution in [3.63, 3.8) is 0 Å².